The first kappa shape index (κ1) is 18.1. The molecule has 0 heterocycles. The van der Waals surface area contributed by atoms with Crippen molar-refractivity contribution >= 4 is 17.9 Å². The van der Waals surface area contributed by atoms with E-state index in [1.54, 1.807) is 0 Å². The number of nitrogens with zero attached hydrogens (tertiary/aromatic N) is 1. The molecule has 2 atom stereocenters. The molecule has 0 aliphatic heterocycles. The van der Waals surface area contributed by atoms with Crippen LogP contribution < -0.4 is 15.7 Å². The molecule has 0 aliphatic rings. The molecule has 0 spiro atoms. The topological polar surface area (TPSA) is 52.9 Å². The molecule has 0 fully saturated rings. The predicted molar refractivity (Wildman–Crippen MR) is 107 cm³/mol. The monoisotopic (exact) mass is 360 g/mol. The first-order valence-corrected chi connectivity index (χ1v) is 10.3. The lowest BCUT2D eigenvalue weighted by molar-refractivity contribution is 0.511. The summed E-state index contributed by atoms with van der Waals surface area (Å²) in [5.74, 6) is -0.335. The highest BCUT2D eigenvalue weighted by Crippen LogP contribution is 2.43. The second kappa shape index (κ2) is 8.15. The smallest absolute Gasteiger partial charge is 0.205 e. The van der Waals surface area contributed by atoms with Gasteiger partial charge in [0.1, 0.15) is 0 Å². The van der Waals surface area contributed by atoms with Gasteiger partial charge in [-0.05, 0) is 36.8 Å². The molecule has 3 nitrogen and oxygen atoms in total. The summed E-state index contributed by atoms with van der Waals surface area (Å²) in [5, 5.41) is 14.4. The summed E-state index contributed by atoms with van der Waals surface area (Å²) >= 11 is 0. The maximum absolute atomic E-state index is 14.2. The fourth-order valence-electron chi connectivity index (χ4n) is 2.98. The van der Waals surface area contributed by atoms with E-state index in [-0.39, 0.29) is 12.0 Å². The Morgan fingerprint density at radius 3 is 1.65 bits per heavy atom. The molecule has 130 valence electrons. The van der Waals surface area contributed by atoms with Crippen molar-refractivity contribution in [2.45, 2.75) is 13.0 Å². The van der Waals surface area contributed by atoms with Crippen molar-refractivity contribution in [3.8, 4) is 6.07 Å². The Morgan fingerprint density at radius 2 is 1.23 bits per heavy atom. The van der Waals surface area contributed by atoms with Crippen LogP contribution in [0.2, 0.25) is 0 Å². The Balaban J connectivity index is 2.10. The van der Waals surface area contributed by atoms with Gasteiger partial charge >= 0.3 is 0 Å². The summed E-state index contributed by atoms with van der Waals surface area (Å²) in [7, 11) is -3.11. The zero-order chi connectivity index (χ0) is 18.4. The standard InChI is InChI=1S/C22H21N2OP/c1-18(17-23)22(19-11-5-2-6-12-19)24-26(25,20-13-7-3-8-14-20)21-15-9-4-10-16-21/h2-16,18,22H,1H3,(H,24,25)/t18-,22?/m1/s1. The highest BCUT2D eigenvalue weighted by Gasteiger charge is 2.32. The summed E-state index contributed by atoms with van der Waals surface area (Å²) in [6, 6.07) is 30.6. The van der Waals surface area contributed by atoms with E-state index in [0.29, 0.717) is 0 Å². The third-order valence-electron chi connectivity index (χ3n) is 4.42. The second-order valence-corrected chi connectivity index (χ2v) is 8.73. The summed E-state index contributed by atoms with van der Waals surface area (Å²) in [5.41, 5.74) is 0.952. The van der Waals surface area contributed by atoms with Gasteiger partial charge in [0, 0.05) is 10.6 Å². The van der Waals surface area contributed by atoms with Crippen LogP contribution in [0.4, 0.5) is 0 Å². The largest absolute Gasteiger partial charge is 0.297 e. The van der Waals surface area contributed by atoms with Gasteiger partial charge in [-0.15, -0.1) is 0 Å². The van der Waals surface area contributed by atoms with Crippen molar-refractivity contribution in [3.63, 3.8) is 0 Å². The van der Waals surface area contributed by atoms with Crippen molar-refractivity contribution in [2.75, 3.05) is 0 Å². The zero-order valence-electron chi connectivity index (χ0n) is 14.6. The molecule has 1 unspecified atom stereocenters. The number of hydrogen-bond donors (Lipinski definition) is 1. The molecule has 4 heteroatoms. The van der Waals surface area contributed by atoms with E-state index in [1.807, 2.05) is 97.9 Å². The van der Waals surface area contributed by atoms with Crippen LogP contribution in [0.5, 0.6) is 0 Å². The van der Waals surface area contributed by atoms with E-state index >= 15 is 0 Å². The Kier molecular flexibility index (Phi) is 5.68. The van der Waals surface area contributed by atoms with Gasteiger partial charge in [0.15, 0.2) is 0 Å². The summed E-state index contributed by atoms with van der Waals surface area (Å²) in [6.07, 6.45) is 0. The molecular weight excluding hydrogens is 339 g/mol. The lowest BCUT2D eigenvalue weighted by atomic mass is 9.97. The van der Waals surface area contributed by atoms with E-state index in [0.717, 1.165) is 16.2 Å². The molecule has 0 amide bonds. The Morgan fingerprint density at radius 1 is 0.808 bits per heavy atom. The Labute approximate surface area is 154 Å². The van der Waals surface area contributed by atoms with Crippen molar-refractivity contribution < 1.29 is 4.57 Å². The quantitative estimate of drug-likeness (QED) is 0.663. The van der Waals surface area contributed by atoms with E-state index in [1.165, 1.54) is 0 Å². The number of benzene rings is 3. The molecule has 3 aromatic carbocycles. The zero-order valence-corrected chi connectivity index (χ0v) is 15.5. The van der Waals surface area contributed by atoms with Crippen molar-refractivity contribution in [3.05, 3.63) is 96.6 Å². The van der Waals surface area contributed by atoms with E-state index in [4.69, 9.17) is 0 Å². The summed E-state index contributed by atoms with van der Waals surface area (Å²) in [4.78, 5) is 0. The van der Waals surface area contributed by atoms with Crippen LogP contribution in [0.1, 0.15) is 18.5 Å². The molecule has 0 saturated carbocycles. The molecule has 0 aliphatic carbocycles. The SMILES string of the molecule is C[C@H](C#N)C(NP(=O)(c1ccccc1)c1ccccc1)c1ccccc1. The van der Waals surface area contributed by atoms with Crippen molar-refractivity contribution in [1.82, 2.24) is 5.09 Å². The Hall–Kier alpha value is -2.66. The molecule has 0 radical (unpaired) electrons. The van der Waals surface area contributed by atoms with Crippen LogP contribution in [0.25, 0.3) is 0 Å². The fourth-order valence-corrected chi connectivity index (χ4v) is 5.52. The number of nitrogens with one attached hydrogen (secondary N) is 1. The van der Waals surface area contributed by atoms with E-state index in [9.17, 15) is 9.83 Å². The molecule has 3 rings (SSSR count). The van der Waals surface area contributed by atoms with Crippen molar-refractivity contribution in [1.29, 1.82) is 5.26 Å². The normalized spacial score (nSPS) is 13.5. The summed E-state index contributed by atoms with van der Waals surface area (Å²) < 4.78 is 14.2. The maximum atomic E-state index is 14.2. The van der Waals surface area contributed by atoms with E-state index in [2.05, 4.69) is 11.2 Å². The highest BCUT2D eigenvalue weighted by molar-refractivity contribution is 7.76. The third-order valence-corrected chi connectivity index (χ3v) is 7.12. The first-order valence-electron chi connectivity index (χ1n) is 8.59. The summed E-state index contributed by atoms with van der Waals surface area (Å²) in [6.45, 7) is 1.85. The minimum Gasteiger partial charge on any atom is -0.297 e. The van der Waals surface area contributed by atoms with Crippen LogP contribution in [0.15, 0.2) is 91.0 Å². The van der Waals surface area contributed by atoms with Crippen LogP contribution in [0, 0.1) is 17.2 Å². The Bertz CT molecular complexity index is 877. The molecule has 0 saturated heterocycles. The first-order chi connectivity index (χ1) is 12.6. The third kappa shape index (κ3) is 3.78. The van der Waals surface area contributed by atoms with Crippen molar-refractivity contribution in [2.24, 2.45) is 5.92 Å². The lowest BCUT2D eigenvalue weighted by Gasteiger charge is -2.28. The highest BCUT2D eigenvalue weighted by atomic mass is 31.2. The van der Waals surface area contributed by atoms with Gasteiger partial charge in [-0.25, -0.2) is 0 Å². The molecule has 1 N–H and O–H groups in total. The maximum Gasteiger partial charge on any atom is 0.205 e. The molecule has 0 aromatic heterocycles. The fraction of sp³-hybridized carbons (Fsp3) is 0.136. The van der Waals surface area contributed by atoms with Crippen LogP contribution >= 0.6 is 7.29 Å². The predicted octanol–water partition coefficient (Wildman–Crippen LogP) is 4.41. The van der Waals surface area contributed by atoms with Crippen LogP contribution in [-0.4, -0.2) is 0 Å². The molecular formula is C22H21N2OP. The minimum atomic E-state index is -3.11. The number of nitriles is 1. The number of hydrogen-bond acceptors (Lipinski definition) is 2. The second-order valence-electron chi connectivity index (χ2n) is 6.22. The van der Waals surface area contributed by atoms with Gasteiger partial charge < -0.3 is 0 Å². The molecule has 0 bridgehead atoms. The minimum absolute atomic E-state index is 0.335. The van der Waals surface area contributed by atoms with Gasteiger partial charge in [-0.2, -0.15) is 5.26 Å². The van der Waals surface area contributed by atoms with Gasteiger partial charge in [0.2, 0.25) is 7.29 Å². The van der Waals surface area contributed by atoms with Crippen LogP contribution in [0.3, 0.4) is 0 Å². The molecule has 3 aromatic rings. The average molecular weight is 360 g/mol. The molecule has 26 heavy (non-hydrogen) atoms. The lowest BCUT2D eigenvalue weighted by Crippen LogP contribution is -2.33. The average Bonchev–Trinajstić information content (AvgIpc) is 2.73. The van der Waals surface area contributed by atoms with Crippen LogP contribution in [-0.2, 0) is 4.57 Å². The van der Waals surface area contributed by atoms with E-state index < -0.39 is 7.29 Å². The number of rotatable bonds is 6. The van der Waals surface area contributed by atoms with Gasteiger partial charge in [-0.1, -0.05) is 66.7 Å². The van der Waals surface area contributed by atoms with Gasteiger partial charge in [0.05, 0.1) is 18.0 Å². The van der Waals surface area contributed by atoms with Gasteiger partial charge in [-0.3, -0.25) is 9.65 Å². The van der Waals surface area contributed by atoms with Gasteiger partial charge in [0.25, 0.3) is 0 Å².